The molecule has 0 unspecified atom stereocenters. The summed E-state index contributed by atoms with van der Waals surface area (Å²) in [6.07, 6.45) is 12.7. The number of carbonyl (C=O) groups is 3. The number of rotatable bonds is 27. The minimum absolute atomic E-state index is 0.0638. The zero-order valence-corrected chi connectivity index (χ0v) is 21.8. The smallest absolute Gasteiger partial charge is 0.305 e. The van der Waals surface area contributed by atoms with Crippen LogP contribution in [0.5, 0.6) is 0 Å². The molecule has 206 valence electrons. The van der Waals surface area contributed by atoms with E-state index in [1.54, 1.807) is 0 Å². The summed E-state index contributed by atoms with van der Waals surface area (Å²) in [7, 11) is 0. The maximum Gasteiger partial charge on any atom is 0.305 e. The van der Waals surface area contributed by atoms with Gasteiger partial charge in [0.2, 0.25) is 0 Å². The Balaban J connectivity index is 3.22. The van der Waals surface area contributed by atoms with Crippen LogP contribution in [0.25, 0.3) is 0 Å². The van der Waals surface area contributed by atoms with Crippen LogP contribution in [0.1, 0.15) is 96.8 Å². The second kappa shape index (κ2) is 26.9. The molecule has 0 heterocycles. The van der Waals surface area contributed by atoms with Crippen molar-refractivity contribution >= 4 is 17.9 Å². The van der Waals surface area contributed by atoms with Crippen molar-refractivity contribution in [1.82, 2.24) is 0 Å². The maximum atomic E-state index is 11.7. The third kappa shape index (κ3) is 28.4. The predicted molar refractivity (Wildman–Crippen MR) is 132 cm³/mol. The summed E-state index contributed by atoms with van der Waals surface area (Å²) >= 11 is 0. The standard InChI is InChI=1S/C26H48O9/c1-2-3-4-5-6-7-8-9-10-14-25(29)34-22-20-32-18-16-31-17-19-33-21-23-35-26(30)15-12-11-13-24(27)28/h2-23H2,1H3,(H,27,28). The van der Waals surface area contributed by atoms with Crippen molar-refractivity contribution in [3.8, 4) is 0 Å². The Morgan fingerprint density at radius 1 is 0.486 bits per heavy atom. The van der Waals surface area contributed by atoms with Crippen LogP contribution in [0.2, 0.25) is 0 Å². The largest absolute Gasteiger partial charge is 0.481 e. The molecule has 0 atom stereocenters. The second-order valence-electron chi connectivity index (χ2n) is 8.46. The fourth-order valence-corrected chi connectivity index (χ4v) is 3.24. The molecule has 0 radical (unpaired) electrons. The third-order valence-corrected chi connectivity index (χ3v) is 5.23. The summed E-state index contributed by atoms with van der Waals surface area (Å²) in [5.41, 5.74) is 0. The van der Waals surface area contributed by atoms with Crippen molar-refractivity contribution in [3.63, 3.8) is 0 Å². The van der Waals surface area contributed by atoms with Gasteiger partial charge in [-0.05, 0) is 19.3 Å². The molecule has 0 aromatic carbocycles. The van der Waals surface area contributed by atoms with Crippen LogP contribution in [0.4, 0.5) is 0 Å². The number of hydrogen-bond donors (Lipinski definition) is 1. The van der Waals surface area contributed by atoms with Crippen molar-refractivity contribution in [2.24, 2.45) is 0 Å². The van der Waals surface area contributed by atoms with E-state index in [2.05, 4.69) is 6.92 Å². The number of carboxylic acid groups (broad SMARTS) is 1. The van der Waals surface area contributed by atoms with Crippen molar-refractivity contribution in [1.29, 1.82) is 0 Å². The van der Waals surface area contributed by atoms with Gasteiger partial charge in [-0.1, -0.05) is 58.3 Å². The number of ether oxygens (including phenoxy) is 5. The zero-order chi connectivity index (χ0) is 25.8. The SMILES string of the molecule is CCCCCCCCCCCC(=O)OCCOCCOCCOCCOC(=O)CCCCC(=O)O. The normalized spacial score (nSPS) is 10.9. The van der Waals surface area contributed by atoms with E-state index in [4.69, 9.17) is 28.8 Å². The summed E-state index contributed by atoms with van der Waals surface area (Å²) in [6, 6.07) is 0. The van der Waals surface area contributed by atoms with Gasteiger partial charge in [-0.2, -0.15) is 0 Å². The Kier molecular flexibility index (Phi) is 25.6. The molecule has 0 aliphatic carbocycles. The van der Waals surface area contributed by atoms with Gasteiger partial charge in [-0.3, -0.25) is 14.4 Å². The van der Waals surface area contributed by atoms with Gasteiger partial charge in [-0.25, -0.2) is 0 Å². The third-order valence-electron chi connectivity index (χ3n) is 5.23. The van der Waals surface area contributed by atoms with Gasteiger partial charge in [0.05, 0.1) is 39.6 Å². The summed E-state index contributed by atoms with van der Waals surface area (Å²) < 4.78 is 26.2. The van der Waals surface area contributed by atoms with Gasteiger partial charge in [0.25, 0.3) is 0 Å². The number of esters is 2. The van der Waals surface area contributed by atoms with E-state index in [0.717, 1.165) is 12.8 Å². The van der Waals surface area contributed by atoms with E-state index in [9.17, 15) is 14.4 Å². The number of unbranched alkanes of at least 4 members (excludes halogenated alkanes) is 9. The van der Waals surface area contributed by atoms with Crippen LogP contribution in [-0.2, 0) is 38.1 Å². The Morgan fingerprint density at radius 3 is 1.26 bits per heavy atom. The van der Waals surface area contributed by atoms with E-state index >= 15 is 0 Å². The van der Waals surface area contributed by atoms with Gasteiger partial charge >= 0.3 is 17.9 Å². The van der Waals surface area contributed by atoms with Gasteiger partial charge in [0.15, 0.2) is 0 Å². The van der Waals surface area contributed by atoms with E-state index in [-0.39, 0.29) is 44.6 Å². The number of hydrogen-bond acceptors (Lipinski definition) is 8. The molecule has 0 aromatic heterocycles. The summed E-state index contributed by atoms with van der Waals surface area (Å²) in [5.74, 6) is -1.36. The molecule has 9 nitrogen and oxygen atoms in total. The molecular formula is C26H48O9. The molecule has 0 rings (SSSR count). The lowest BCUT2D eigenvalue weighted by atomic mass is 10.1. The topological polar surface area (TPSA) is 118 Å². The van der Waals surface area contributed by atoms with Crippen LogP contribution < -0.4 is 0 Å². The quantitative estimate of drug-likeness (QED) is 0.126. The van der Waals surface area contributed by atoms with Gasteiger partial charge in [0.1, 0.15) is 13.2 Å². The molecule has 1 N–H and O–H groups in total. The highest BCUT2D eigenvalue weighted by Crippen LogP contribution is 2.10. The molecule has 0 aliphatic rings. The molecule has 0 fully saturated rings. The first-order valence-electron chi connectivity index (χ1n) is 13.3. The van der Waals surface area contributed by atoms with E-state index in [1.165, 1.54) is 44.9 Å². The lowest BCUT2D eigenvalue weighted by Crippen LogP contribution is -2.15. The first-order chi connectivity index (χ1) is 17.1. The highest BCUT2D eigenvalue weighted by atomic mass is 16.6. The van der Waals surface area contributed by atoms with Crippen molar-refractivity contribution < 1.29 is 43.2 Å². The molecule has 0 aromatic rings. The van der Waals surface area contributed by atoms with Gasteiger partial charge in [-0.15, -0.1) is 0 Å². The summed E-state index contributed by atoms with van der Waals surface area (Å²) in [5, 5.41) is 8.52. The van der Waals surface area contributed by atoms with Crippen molar-refractivity contribution in [2.45, 2.75) is 96.8 Å². The molecule has 9 heteroatoms. The van der Waals surface area contributed by atoms with Crippen LogP contribution in [0.3, 0.4) is 0 Å². The van der Waals surface area contributed by atoms with Crippen LogP contribution in [-0.4, -0.2) is 75.9 Å². The summed E-state index contributed by atoms with van der Waals surface area (Å²) in [4.78, 5) is 33.5. The highest BCUT2D eigenvalue weighted by Gasteiger charge is 2.04. The average Bonchev–Trinajstić information content (AvgIpc) is 2.83. The average molecular weight is 505 g/mol. The molecule has 0 amide bonds. The fourth-order valence-electron chi connectivity index (χ4n) is 3.24. The van der Waals surface area contributed by atoms with Gasteiger partial charge in [0, 0.05) is 19.3 Å². The molecule has 35 heavy (non-hydrogen) atoms. The first kappa shape index (κ1) is 33.3. The fraction of sp³-hybridized carbons (Fsp3) is 0.885. The maximum absolute atomic E-state index is 11.7. The molecular weight excluding hydrogens is 456 g/mol. The van der Waals surface area contributed by atoms with E-state index in [0.29, 0.717) is 52.3 Å². The van der Waals surface area contributed by atoms with E-state index < -0.39 is 5.97 Å². The first-order valence-corrected chi connectivity index (χ1v) is 13.3. The Hall–Kier alpha value is -1.71. The van der Waals surface area contributed by atoms with Crippen LogP contribution in [0, 0.1) is 0 Å². The number of carbonyl (C=O) groups excluding carboxylic acids is 2. The molecule has 0 bridgehead atoms. The van der Waals surface area contributed by atoms with Crippen molar-refractivity contribution in [2.75, 3.05) is 52.9 Å². The number of carboxylic acids is 1. The lowest BCUT2D eigenvalue weighted by Gasteiger charge is -2.08. The van der Waals surface area contributed by atoms with Crippen LogP contribution in [0.15, 0.2) is 0 Å². The minimum atomic E-state index is -0.860. The predicted octanol–water partition coefficient (Wildman–Crippen LogP) is 4.69. The minimum Gasteiger partial charge on any atom is -0.481 e. The monoisotopic (exact) mass is 504 g/mol. The Labute approximate surface area is 211 Å². The zero-order valence-electron chi connectivity index (χ0n) is 21.8. The molecule has 0 saturated carbocycles. The lowest BCUT2D eigenvalue weighted by molar-refractivity contribution is -0.146. The van der Waals surface area contributed by atoms with Crippen LogP contribution >= 0.6 is 0 Å². The molecule has 0 saturated heterocycles. The second-order valence-corrected chi connectivity index (χ2v) is 8.46. The summed E-state index contributed by atoms with van der Waals surface area (Å²) in [6.45, 7) is 4.90. The van der Waals surface area contributed by atoms with Gasteiger partial charge < -0.3 is 28.8 Å². The molecule has 0 aliphatic heterocycles. The Morgan fingerprint density at radius 2 is 0.829 bits per heavy atom. The Bertz CT molecular complexity index is 511. The highest BCUT2D eigenvalue weighted by molar-refractivity contribution is 5.70. The van der Waals surface area contributed by atoms with E-state index in [1.807, 2.05) is 0 Å². The number of aliphatic carboxylic acids is 1. The molecule has 0 spiro atoms. The van der Waals surface area contributed by atoms with Crippen molar-refractivity contribution in [3.05, 3.63) is 0 Å².